The zero-order chi connectivity index (χ0) is 18.3. The van der Waals surface area contributed by atoms with Crippen molar-refractivity contribution in [1.82, 2.24) is 0 Å². The van der Waals surface area contributed by atoms with Gasteiger partial charge in [0.05, 0.1) is 17.9 Å². The third-order valence-electron chi connectivity index (χ3n) is 4.31. The van der Waals surface area contributed by atoms with Gasteiger partial charge in [-0.3, -0.25) is 9.69 Å². The summed E-state index contributed by atoms with van der Waals surface area (Å²) in [6, 6.07) is 12.7. The molecule has 0 aliphatic carbocycles. The number of benzene rings is 2. The molecular weight excluding hydrogens is 400 g/mol. The van der Waals surface area contributed by atoms with Crippen molar-refractivity contribution in [3.05, 3.63) is 58.3 Å². The number of cyclic esters (lactones) is 1. The molecule has 0 atom stereocenters. The van der Waals surface area contributed by atoms with Crippen molar-refractivity contribution >= 4 is 50.3 Å². The molecule has 6 nitrogen and oxygen atoms in total. The molecule has 1 aliphatic rings. The van der Waals surface area contributed by atoms with Gasteiger partial charge in [-0.2, -0.15) is 0 Å². The second-order valence-corrected chi connectivity index (χ2v) is 6.85. The van der Waals surface area contributed by atoms with Crippen molar-refractivity contribution < 1.29 is 18.7 Å². The van der Waals surface area contributed by atoms with Gasteiger partial charge in [0, 0.05) is 15.4 Å². The van der Waals surface area contributed by atoms with Crippen LogP contribution in [0, 0.1) is 6.92 Å². The van der Waals surface area contributed by atoms with Gasteiger partial charge in [-0.15, -0.1) is 0 Å². The largest absolute Gasteiger partial charge is 0.451 e. The van der Waals surface area contributed by atoms with Crippen LogP contribution in [0.5, 0.6) is 0 Å². The van der Waals surface area contributed by atoms with Crippen LogP contribution in [0.2, 0.25) is 0 Å². The highest BCUT2D eigenvalue weighted by Crippen LogP contribution is 2.31. The topological polar surface area (TPSA) is 71.8 Å². The minimum atomic E-state index is -0.420. The van der Waals surface area contributed by atoms with Gasteiger partial charge in [-0.1, -0.05) is 28.1 Å². The minimum Gasteiger partial charge on any atom is -0.451 e. The summed E-state index contributed by atoms with van der Waals surface area (Å²) in [4.78, 5) is 26.1. The van der Waals surface area contributed by atoms with Crippen LogP contribution >= 0.6 is 15.9 Å². The molecule has 2 amide bonds. The van der Waals surface area contributed by atoms with Crippen LogP contribution in [0.15, 0.2) is 51.4 Å². The van der Waals surface area contributed by atoms with E-state index in [2.05, 4.69) is 21.2 Å². The Kier molecular flexibility index (Phi) is 4.16. The van der Waals surface area contributed by atoms with Crippen molar-refractivity contribution in [2.24, 2.45) is 0 Å². The van der Waals surface area contributed by atoms with Crippen LogP contribution in [-0.4, -0.2) is 25.2 Å². The van der Waals surface area contributed by atoms with E-state index in [4.69, 9.17) is 9.15 Å². The van der Waals surface area contributed by atoms with Crippen LogP contribution in [0.1, 0.15) is 16.1 Å². The number of fused-ring (bicyclic) bond motifs is 1. The lowest BCUT2D eigenvalue weighted by Crippen LogP contribution is -2.25. The molecular formula is C19H15BrN2O4. The maximum atomic E-state index is 12.8. The van der Waals surface area contributed by atoms with Crippen molar-refractivity contribution in [1.29, 1.82) is 0 Å². The van der Waals surface area contributed by atoms with E-state index in [9.17, 15) is 9.59 Å². The van der Waals surface area contributed by atoms with E-state index in [1.165, 1.54) is 4.90 Å². The molecule has 0 bridgehead atoms. The number of rotatable bonds is 3. The number of hydrogen-bond acceptors (Lipinski definition) is 4. The molecule has 1 fully saturated rings. The smallest absolute Gasteiger partial charge is 0.414 e. The minimum absolute atomic E-state index is 0.247. The third-order valence-corrected chi connectivity index (χ3v) is 4.80. The first-order valence-corrected chi connectivity index (χ1v) is 8.87. The Hall–Kier alpha value is -2.80. The van der Waals surface area contributed by atoms with Crippen LogP contribution in [0.3, 0.4) is 0 Å². The van der Waals surface area contributed by atoms with Crippen molar-refractivity contribution in [3.8, 4) is 0 Å². The summed E-state index contributed by atoms with van der Waals surface area (Å²) in [5.41, 5.74) is 2.53. The van der Waals surface area contributed by atoms with Crippen LogP contribution in [0.4, 0.5) is 16.2 Å². The molecule has 0 unspecified atom stereocenters. The molecule has 7 heteroatoms. The average Bonchev–Trinajstić information content (AvgIpc) is 3.19. The SMILES string of the molecule is Cc1c(C(=O)Nc2ccccc2N2CCOC2=O)oc2ccc(Br)cc12. The van der Waals surface area contributed by atoms with E-state index in [0.717, 1.165) is 15.4 Å². The van der Waals surface area contributed by atoms with E-state index >= 15 is 0 Å². The fraction of sp³-hybridized carbons (Fsp3) is 0.158. The van der Waals surface area contributed by atoms with Crippen molar-refractivity contribution in [2.45, 2.75) is 6.92 Å². The fourth-order valence-corrected chi connectivity index (χ4v) is 3.38. The number of furan rings is 1. The molecule has 0 saturated carbocycles. The number of ether oxygens (including phenoxy) is 1. The molecule has 132 valence electrons. The summed E-state index contributed by atoms with van der Waals surface area (Å²) in [6.07, 6.45) is -0.420. The van der Waals surface area contributed by atoms with Crippen LogP contribution < -0.4 is 10.2 Å². The molecule has 2 heterocycles. The molecule has 1 saturated heterocycles. The molecule has 1 aliphatic heterocycles. The normalized spacial score (nSPS) is 13.9. The number of carbonyl (C=O) groups is 2. The summed E-state index contributed by atoms with van der Waals surface area (Å²) in [5.74, 6) is -0.119. The second-order valence-electron chi connectivity index (χ2n) is 5.93. The Balaban J connectivity index is 1.67. The number of halogens is 1. The highest BCUT2D eigenvalue weighted by Gasteiger charge is 2.27. The van der Waals surface area contributed by atoms with Gasteiger partial charge in [0.15, 0.2) is 5.76 Å². The first-order chi connectivity index (χ1) is 12.5. The molecule has 1 N–H and O–H groups in total. The molecule has 0 spiro atoms. The monoisotopic (exact) mass is 414 g/mol. The lowest BCUT2D eigenvalue weighted by Gasteiger charge is -2.17. The number of hydrogen-bond donors (Lipinski definition) is 1. The summed E-state index contributed by atoms with van der Waals surface area (Å²) < 4.78 is 11.6. The predicted molar refractivity (Wildman–Crippen MR) is 102 cm³/mol. The summed E-state index contributed by atoms with van der Waals surface area (Å²) >= 11 is 3.43. The average molecular weight is 415 g/mol. The maximum Gasteiger partial charge on any atom is 0.414 e. The van der Waals surface area contributed by atoms with Gasteiger partial charge in [0.2, 0.25) is 0 Å². The molecule has 0 radical (unpaired) electrons. The maximum absolute atomic E-state index is 12.8. The molecule has 1 aromatic heterocycles. The standard InChI is InChI=1S/C19H15BrN2O4/c1-11-13-10-12(20)6-7-16(13)26-17(11)18(23)21-14-4-2-3-5-15(14)22-8-9-25-19(22)24/h2-7,10H,8-9H2,1H3,(H,21,23). The van der Waals surface area contributed by atoms with Gasteiger partial charge < -0.3 is 14.5 Å². The highest BCUT2D eigenvalue weighted by molar-refractivity contribution is 9.10. The van der Waals surface area contributed by atoms with E-state index in [-0.39, 0.29) is 11.7 Å². The zero-order valence-corrected chi connectivity index (χ0v) is 15.5. The Morgan fingerprint density at radius 1 is 1.23 bits per heavy atom. The van der Waals surface area contributed by atoms with Gasteiger partial charge in [0.1, 0.15) is 12.2 Å². The molecule has 2 aromatic carbocycles. The first kappa shape index (κ1) is 16.7. The van der Waals surface area contributed by atoms with Gasteiger partial charge >= 0.3 is 6.09 Å². The van der Waals surface area contributed by atoms with Gasteiger partial charge in [-0.05, 0) is 37.3 Å². The summed E-state index contributed by atoms with van der Waals surface area (Å²) in [6.45, 7) is 2.62. The number of para-hydroxylation sites is 2. The number of aryl methyl sites for hydroxylation is 1. The number of amides is 2. The van der Waals surface area contributed by atoms with E-state index in [0.29, 0.717) is 30.1 Å². The van der Waals surface area contributed by atoms with Crippen LogP contribution in [-0.2, 0) is 4.74 Å². The first-order valence-electron chi connectivity index (χ1n) is 8.08. The summed E-state index contributed by atoms with van der Waals surface area (Å²) in [7, 11) is 0. The Labute approximate surface area is 157 Å². The predicted octanol–water partition coefficient (Wildman–Crippen LogP) is 4.71. The third kappa shape index (κ3) is 2.84. The second kappa shape index (κ2) is 6.49. The quantitative estimate of drug-likeness (QED) is 0.673. The summed E-state index contributed by atoms with van der Waals surface area (Å²) in [5, 5.41) is 3.72. The highest BCUT2D eigenvalue weighted by atomic mass is 79.9. The number of nitrogens with one attached hydrogen (secondary N) is 1. The van der Waals surface area contributed by atoms with E-state index < -0.39 is 6.09 Å². The van der Waals surface area contributed by atoms with E-state index in [1.54, 1.807) is 24.3 Å². The lowest BCUT2D eigenvalue weighted by atomic mass is 10.1. The van der Waals surface area contributed by atoms with Gasteiger partial charge in [-0.25, -0.2) is 4.79 Å². The van der Waals surface area contributed by atoms with Crippen molar-refractivity contribution in [2.75, 3.05) is 23.4 Å². The Morgan fingerprint density at radius 2 is 2.04 bits per heavy atom. The lowest BCUT2D eigenvalue weighted by molar-refractivity contribution is 0.0998. The molecule has 26 heavy (non-hydrogen) atoms. The zero-order valence-electron chi connectivity index (χ0n) is 13.9. The van der Waals surface area contributed by atoms with Gasteiger partial charge in [0.25, 0.3) is 5.91 Å². The van der Waals surface area contributed by atoms with E-state index in [1.807, 2.05) is 25.1 Å². The molecule has 4 rings (SSSR count). The number of carbonyl (C=O) groups excluding carboxylic acids is 2. The van der Waals surface area contributed by atoms with Crippen LogP contribution in [0.25, 0.3) is 11.0 Å². The molecule has 3 aromatic rings. The Morgan fingerprint density at radius 3 is 2.81 bits per heavy atom. The number of nitrogens with zero attached hydrogens (tertiary/aromatic N) is 1. The fourth-order valence-electron chi connectivity index (χ4n) is 3.02. The van der Waals surface area contributed by atoms with Crippen molar-refractivity contribution in [3.63, 3.8) is 0 Å². The number of anilines is 2. The Bertz CT molecular complexity index is 1030.